The van der Waals surface area contributed by atoms with Crippen LogP contribution in [0.4, 0.5) is 29.7 Å². The first-order valence-corrected chi connectivity index (χ1v) is 14.4. The molecular formula is C26H23F3N6O3S2. The molecule has 0 saturated carbocycles. The van der Waals surface area contributed by atoms with Crippen LogP contribution in [0.3, 0.4) is 0 Å². The van der Waals surface area contributed by atoms with Crippen LogP contribution in [-0.2, 0) is 16.2 Å². The van der Waals surface area contributed by atoms with Crippen molar-refractivity contribution < 1.29 is 26.4 Å². The number of alkyl halides is 3. The maximum Gasteiger partial charge on any atom is 0.416 e. The van der Waals surface area contributed by atoms with Gasteiger partial charge in [0, 0.05) is 55.2 Å². The van der Waals surface area contributed by atoms with Gasteiger partial charge in [0.1, 0.15) is 4.90 Å². The zero-order chi connectivity index (χ0) is 28.5. The van der Waals surface area contributed by atoms with Gasteiger partial charge in [0.25, 0.3) is 15.9 Å². The summed E-state index contributed by atoms with van der Waals surface area (Å²) in [5, 5.41) is 2.48. The number of nitrogen functional groups attached to an aromatic ring is 1. The number of piperazine rings is 1. The van der Waals surface area contributed by atoms with Crippen LogP contribution in [0.15, 0.2) is 77.3 Å². The average Bonchev–Trinajstić information content (AvgIpc) is 3.43. The van der Waals surface area contributed by atoms with E-state index in [0.717, 1.165) is 12.1 Å². The lowest BCUT2D eigenvalue weighted by Crippen LogP contribution is -2.49. The predicted octanol–water partition coefficient (Wildman–Crippen LogP) is 4.57. The summed E-state index contributed by atoms with van der Waals surface area (Å²) in [5.74, 6) is -0.354. The van der Waals surface area contributed by atoms with Gasteiger partial charge in [-0.1, -0.05) is 12.1 Å². The number of amides is 1. The molecule has 2 aromatic heterocycles. The van der Waals surface area contributed by atoms with Gasteiger partial charge in [-0.2, -0.15) is 13.2 Å². The molecule has 1 aliphatic rings. The molecule has 5 rings (SSSR count). The summed E-state index contributed by atoms with van der Waals surface area (Å²) in [6.07, 6.45) is -1.74. The average molecular weight is 589 g/mol. The highest BCUT2D eigenvalue weighted by atomic mass is 32.2. The first-order chi connectivity index (χ1) is 19.0. The number of halogens is 3. The van der Waals surface area contributed by atoms with E-state index in [2.05, 4.69) is 14.7 Å². The molecule has 4 aromatic rings. The van der Waals surface area contributed by atoms with E-state index in [1.54, 1.807) is 10.3 Å². The van der Waals surface area contributed by atoms with Crippen LogP contribution in [0.1, 0.15) is 15.9 Å². The van der Waals surface area contributed by atoms with Crippen LogP contribution in [0, 0.1) is 0 Å². The van der Waals surface area contributed by atoms with Gasteiger partial charge in [0.15, 0.2) is 5.13 Å². The topological polar surface area (TPSA) is 122 Å². The smallest absolute Gasteiger partial charge is 0.399 e. The van der Waals surface area contributed by atoms with E-state index in [1.165, 1.54) is 66.2 Å². The molecule has 3 heterocycles. The predicted molar refractivity (Wildman–Crippen MR) is 147 cm³/mol. The number of nitrogens with two attached hydrogens (primary N) is 1. The summed E-state index contributed by atoms with van der Waals surface area (Å²) in [6, 6.07) is 12.2. The second-order valence-electron chi connectivity index (χ2n) is 8.97. The van der Waals surface area contributed by atoms with Crippen molar-refractivity contribution in [2.45, 2.75) is 11.1 Å². The summed E-state index contributed by atoms with van der Waals surface area (Å²) in [5.41, 5.74) is 6.83. The first kappa shape index (κ1) is 27.4. The van der Waals surface area contributed by atoms with Gasteiger partial charge in [0.2, 0.25) is 0 Å². The van der Waals surface area contributed by atoms with Crippen LogP contribution in [0.25, 0.3) is 11.3 Å². The van der Waals surface area contributed by atoms with Crippen LogP contribution in [0.5, 0.6) is 0 Å². The quantitative estimate of drug-likeness (QED) is 0.317. The van der Waals surface area contributed by atoms with Crippen molar-refractivity contribution in [3.8, 4) is 11.3 Å². The zero-order valence-corrected chi connectivity index (χ0v) is 22.4. The van der Waals surface area contributed by atoms with Crippen LogP contribution >= 0.6 is 11.3 Å². The largest absolute Gasteiger partial charge is 0.416 e. The molecule has 2 aromatic carbocycles. The van der Waals surface area contributed by atoms with Crippen molar-refractivity contribution in [1.29, 1.82) is 0 Å². The molecule has 0 radical (unpaired) electrons. The van der Waals surface area contributed by atoms with Crippen molar-refractivity contribution in [3.05, 3.63) is 83.5 Å². The standard InChI is InChI=1S/C26H23F3N6O3S2/c27-26(28,29)18-5-3-17(4-6-18)23-16-39-25(32-23)35-12-10-34(11-13-35)24(36)21-8-7-19(30)14-22(21)33-40(37,38)20-2-1-9-31-15-20/h1-9,14-16,33H,10-13,30H2. The minimum absolute atomic E-state index is 0.0523. The Bertz CT molecular complexity index is 1620. The second-order valence-corrected chi connectivity index (χ2v) is 11.5. The summed E-state index contributed by atoms with van der Waals surface area (Å²) < 4.78 is 66.7. The van der Waals surface area contributed by atoms with Crippen molar-refractivity contribution >= 4 is 43.8 Å². The van der Waals surface area contributed by atoms with Crippen molar-refractivity contribution in [2.75, 3.05) is 41.5 Å². The Morgan fingerprint density at radius 3 is 2.40 bits per heavy atom. The highest BCUT2D eigenvalue weighted by Gasteiger charge is 2.30. The number of rotatable bonds is 6. The highest BCUT2D eigenvalue weighted by Crippen LogP contribution is 2.33. The lowest BCUT2D eigenvalue weighted by atomic mass is 10.1. The molecule has 0 atom stereocenters. The lowest BCUT2D eigenvalue weighted by molar-refractivity contribution is -0.137. The van der Waals surface area contributed by atoms with Gasteiger partial charge in [-0.05, 0) is 42.5 Å². The Hall–Kier alpha value is -4.17. The Morgan fingerprint density at radius 1 is 1.02 bits per heavy atom. The molecule has 0 spiro atoms. The maximum absolute atomic E-state index is 13.4. The number of aromatic nitrogens is 2. The molecule has 0 bridgehead atoms. The third kappa shape index (κ3) is 5.87. The van der Waals surface area contributed by atoms with E-state index in [9.17, 15) is 26.4 Å². The van der Waals surface area contributed by atoms with E-state index >= 15 is 0 Å². The number of benzene rings is 2. The van der Waals surface area contributed by atoms with E-state index in [1.807, 2.05) is 4.90 Å². The summed E-state index contributed by atoms with van der Waals surface area (Å²) >= 11 is 1.37. The molecule has 0 unspecified atom stereocenters. The number of thiazole rings is 1. The number of anilines is 3. The van der Waals surface area contributed by atoms with Crippen LogP contribution in [-0.4, -0.2) is 55.4 Å². The van der Waals surface area contributed by atoms with Gasteiger partial charge < -0.3 is 15.5 Å². The Balaban J connectivity index is 1.26. The van der Waals surface area contributed by atoms with Crippen LogP contribution < -0.4 is 15.4 Å². The summed E-state index contributed by atoms with van der Waals surface area (Å²) in [4.78, 5) is 25.4. The molecule has 208 valence electrons. The number of hydrogen-bond acceptors (Lipinski definition) is 8. The first-order valence-electron chi connectivity index (χ1n) is 12.0. The fourth-order valence-corrected chi connectivity index (χ4v) is 6.11. The molecule has 14 heteroatoms. The minimum Gasteiger partial charge on any atom is -0.399 e. The van der Waals surface area contributed by atoms with Crippen LogP contribution in [0.2, 0.25) is 0 Å². The fourth-order valence-electron chi connectivity index (χ4n) is 4.19. The second kappa shape index (κ2) is 10.8. The third-order valence-corrected chi connectivity index (χ3v) is 8.55. The molecule has 1 aliphatic heterocycles. The molecular weight excluding hydrogens is 565 g/mol. The SMILES string of the molecule is Nc1ccc(C(=O)N2CCN(c3nc(-c4ccc(C(F)(F)F)cc4)cs3)CC2)c(NS(=O)(=O)c2cccnc2)c1. The van der Waals surface area contributed by atoms with Gasteiger partial charge in [-0.25, -0.2) is 13.4 Å². The van der Waals surface area contributed by atoms with Crippen molar-refractivity contribution in [1.82, 2.24) is 14.9 Å². The number of hydrogen-bond donors (Lipinski definition) is 2. The Kier molecular flexibility index (Phi) is 7.38. The highest BCUT2D eigenvalue weighted by molar-refractivity contribution is 7.92. The van der Waals surface area contributed by atoms with Gasteiger partial charge in [0.05, 0.1) is 22.5 Å². The third-order valence-electron chi connectivity index (χ3n) is 6.30. The molecule has 0 aliphatic carbocycles. The van der Waals surface area contributed by atoms with E-state index in [0.29, 0.717) is 42.6 Å². The monoisotopic (exact) mass is 588 g/mol. The number of carbonyl (C=O) groups is 1. The number of pyridine rings is 1. The number of sulfonamides is 1. The molecule has 3 N–H and O–H groups in total. The maximum atomic E-state index is 13.4. The molecule has 1 amide bonds. The molecule has 9 nitrogen and oxygen atoms in total. The molecule has 40 heavy (non-hydrogen) atoms. The van der Waals surface area contributed by atoms with Crippen molar-refractivity contribution in [2.24, 2.45) is 0 Å². The van der Waals surface area contributed by atoms with Gasteiger partial charge >= 0.3 is 6.18 Å². The number of nitrogens with one attached hydrogen (secondary N) is 1. The van der Waals surface area contributed by atoms with Gasteiger partial charge in [-0.3, -0.25) is 14.5 Å². The van der Waals surface area contributed by atoms with E-state index < -0.39 is 21.8 Å². The van der Waals surface area contributed by atoms with Crippen molar-refractivity contribution in [3.63, 3.8) is 0 Å². The van der Waals surface area contributed by atoms with E-state index in [-0.39, 0.29) is 27.7 Å². The Morgan fingerprint density at radius 2 is 1.75 bits per heavy atom. The lowest BCUT2D eigenvalue weighted by Gasteiger charge is -2.35. The molecule has 1 fully saturated rings. The number of nitrogens with zero attached hydrogens (tertiary/aromatic N) is 4. The Labute approximate surface area is 232 Å². The molecule has 1 saturated heterocycles. The zero-order valence-electron chi connectivity index (χ0n) is 20.8. The summed E-state index contributed by atoms with van der Waals surface area (Å²) in [6.45, 7) is 1.65. The van der Waals surface area contributed by atoms with Gasteiger partial charge in [-0.15, -0.1) is 11.3 Å². The summed E-state index contributed by atoms with van der Waals surface area (Å²) in [7, 11) is -4.00. The normalized spacial score (nSPS) is 14.3. The fraction of sp³-hybridized carbons (Fsp3) is 0.192. The van der Waals surface area contributed by atoms with E-state index in [4.69, 9.17) is 5.73 Å². The minimum atomic E-state index is -4.40. The number of carbonyl (C=O) groups excluding carboxylic acids is 1.